The zero-order valence-electron chi connectivity index (χ0n) is 11.6. The molecule has 1 aliphatic heterocycles. The fourth-order valence-corrected chi connectivity index (χ4v) is 3.16. The Morgan fingerprint density at radius 2 is 2.19 bits per heavy atom. The van der Waals surface area contributed by atoms with Crippen LogP contribution in [0.5, 0.6) is 0 Å². The number of aliphatic hydroxyl groups excluding tert-OH is 1. The minimum Gasteiger partial charge on any atom is -0.392 e. The summed E-state index contributed by atoms with van der Waals surface area (Å²) in [7, 11) is 1.66. The van der Waals surface area contributed by atoms with Gasteiger partial charge < -0.3 is 9.84 Å². The minimum absolute atomic E-state index is 0.0297. The number of hydrogen-bond acceptors (Lipinski definition) is 6. The summed E-state index contributed by atoms with van der Waals surface area (Å²) in [6.07, 6.45) is 6.98. The fourth-order valence-electron chi connectivity index (χ4n) is 2.18. The van der Waals surface area contributed by atoms with E-state index in [4.69, 9.17) is 9.84 Å². The molecule has 0 aliphatic carbocycles. The van der Waals surface area contributed by atoms with Crippen molar-refractivity contribution in [2.75, 3.05) is 25.3 Å². The van der Waals surface area contributed by atoms with Gasteiger partial charge in [0.1, 0.15) is 11.8 Å². The molecule has 0 radical (unpaired) electrons. The number of fused-ring (bicyclic) bond motifs is 2. The Kier molecular flexibility index (Phi) is 4.19. The predicted molar refractivity (Wildman–Crippen MR) is 82.7 cm³/mol. The lowest BCUT2D eigenvalue weighted by Crippen LogP contribution is -2.24. The molecule has 3 rings (SSSR count). The van der Waals surface area contributed by atoms with Gasteiger partial charge in [0.25, 0.3) is 0 Å². The number of aromatic nitrogens is 2. The predicted octanol–water partition coefficient (Wildman–Crippen LogP) is 2.69. The Hall–Kier alpha value is -1.89. The van der Waals surface area contributed by atoms with Gasteiger partial charge in [-0.2, -0.15) is 0 Å². The van der Waals surface area contributed by atoms with Gasteiger partial charge in [-0.05, 0) is 17.7 Å². The van der Waals surface area contributed by atoms with Gasteiger partial charge in [-0.1, -0.05) is 30.0 Å². The van der Waals surface area contributed by atoms with Crippen LogP contribution < -0.4 is 4.90 Å². The average Bonchev–Trinajstić information content (AvgIpc) is 2.53. The maximum absolute atomic E-state index is 8.89. The van der Waals surface area contributed by atoms with Crippen LogP contribution in [0.15, 0.2) is 46.6 Å². The third-order valence-electron chi connectivity index (χ3n) is 3.06. The van der Waals surface area contributed by atoms with Gasteiger partial charge in [-0.3, -0.25) is 4.90 Å². The monoisotopic (exact) mass is 301 g/mol. The zero-order valence-corrected chi connectivity index (χ0v) is 12.4. The molecule has 0 spiro atoms. The summed E-state index contributed by atoms with van der Waals surface area (Å²) >= 11 is 1.60. The molecule has 1 N–H and O–H groups in total. The molecule has 1 aromatic heterocycles. The first-order valence-corrected chi connectivity index (χ1v) is 7.32. The lowest BCUT2D eigenvalue weighted by Gasteiger charge is -2.30. The first kappa shape index (κ1) is 14.1. The largest absolute Gasteiger partial charge is 0.392 e. The molecule has 5 nitrogen and oxygen atoms in total. The van der Waals surface area contributed by atoms with Crippen LogP contribution in [0.3, 0.4) is 0 Å². The summed E-state index contributed by atoms with van der Waals surface area (Å²) in [5.74, 6) is 0.806. The van der Waals surface area contributed by atoms with Crippen LogP contribution in [-0.2, 0) is 4.74 Å². The molecule has 1 aliphatic rings. The molecular weight excluding hydrogens is 286 g/mol. The van der Waals surface area contributed by atoms with E-state index in [1.807, 2.05) is 17.0 Å². The Bertz CT molecular complexity index is 676. The number of rotatable bonds is 4. The smallest absolute Gasteiger partial charge is 0.168 e. The van der Waals surface area contributed by atoms with Crippen molar-refractivity contribution in [1.82, 2.24) is 9.97 Å². The standard InChI is InChI=1S/C15H15N3O2S/c1-20-10-18-12-9-11(3-2-8-19)4-5-13(12)21-15-14(18)16-6-7-17-15/h2-7,9,19H,8,10H2,1H3/b3-2+. The molecule has 0 unspecified atom stereocenters. The van der Waals surface area contributed by atoms with E-state index in [0.29, 0.717) is 6.73 Å². The summed E-state index contributed by atoms with van der Waals surface area (Å²) in [5, 5.41) is 9.77. The summed E-state index contributed by atoms with van der Waals surface area (Å²) in [4.78, 5) is 11.9. The van der Waals surface area contributed by atoms with E-state index in [9.17, 15) is 0 Å². The molecule has 0 saturated heterocycles. The highest BCUT2D eigenvalue weighted by atomic mass is 32.2. The van der Waals surface area contributed by atoms with E-state index < -0.39 is 0 Å². The molecule has 0 amide bonds. The molecule has 2 aromatic rings. The number of hydrogen-bond donors (Lipinski definition) is 1. The van der Waals surface area contributed by atoms with Crippen molar-refractivity contribution in [3.8, 4) is 0 Å². The Morgan fingerprint density at radius 3 is 3.00 bits per heavy atom. The highest BCUT2D eigenvalue weighted by Crippen LogP contribution is 2.46. The SMILES string of the molecule is COCN1c2cc(/C=C/CO)ccc2Sc2nccnc21. The minimum atomic E-state index is 0.0297. The lowest BCUT2D eigenvalue weighted by atomic mass is 10.1. The summed E-state index contributed by atoms with van der Waals surface area (Å²) in [6.45, 7) is 0.439. The van der Waals surface area contributed by atoms with Crippen molar-refractivity contribution in [2.24, 2.45) is 0 Å². The van der Waals surface area contributed by atoms with Crippen LogP contribution in [0.1, 0.15) is 5.56 Å². The first-order valence-electron chi connectivity index (χ1n) is 6.50. The third kappa shape index (κ3) is 2.78. The van der Waals surface area contributed by atoms with Gasteiger partial charge >= 0.3 is 0 Å². The molecule has 1 aromatic carbocycles. The van der Waals surface area contributed by atoms with Crippen molar-refractivity contribution in [2.45, 2.75) is 9.92 Å². The molecule has 0 bridgehead atoms. The summed E-state index contributed by atoms with van der Waals surface area (Å²) in [5.41, 5.74) is 2.06. The number of anilines is 2. The molecular formula is C15H15N3O2S. The molecule has 0 fully saturated rings. The Balaban J connectivity index is 2.06. The normalized spacial score (nSPS) is 13.3. The number of aliphatic hydroxyl groups is 1. The molecule has 21 heavy (non-hydrogen) atoms. The van der Waals surface area contributed by atoms with E-state index in [-0.39, 0.29) is 6.61 Å². The number of nitrogens with zero attached hydrogens (tertiary/aromatic N) is 3. The number of ether oxygens (including phenoxy) is 1. The van der Waals surface area contributed by atoms with Crippen LogP contribution in [-0.4, -0.2) is 35.5 Å². The van der Waals surface area contributed by atoms with Crippen molar-refractivity contribution in [1.29, 1.82) is 0 Å². The van der Waals surface area contributed by atoms with E-state index in [2.05, 4.69) is 22.1 Å². The number of benzene rings is 1. The molecule has 2 heterocycles. The van der Waals surface area contributed by atoms with Gasteiger partial charge in [0.2, 0.25) is 0 Å². The summed E-state index contributed by atoms with van der Waals surface area (Å²) < 4.78 is 5.31. The topological polar surface area (TPSA) is 58.5 Å². The van der Waals surface area contributed by atoms with Crippen LogP contribution in [0.2, 0.25) is 0 Å². The lowest BCUT2D eigenvalue weighted by molar-refractivity contribution is 0.205. The molecule has 6 heteroatoms. The number of methoxy groups -OCH3 is 1. The highest BCUT2D eigenvalue weighted by molar-refractivity contribution is 7.99. The maximum Gasteiger partial charge on any atom is 0.168 e. The van der Waals surface area contributed by atoms with Crippen molar-refractivity contribution < 1.29 is 9.84 Å². The van der Waals surface area contributed by atoms with Crippen molar-refractivity contribution in [3.63, 3.8) is 0 Å². The highest BCUT2D eigenvalue weighted by Gasteiger charge is 2.25. The van der Waals surface area contributed by atoms with Crippen LogP contribution in [0, 0.1) is 0 Å². The van der Waals surface area contributed by atoms with E-state index >= 15 is 0 Å². The van der Waals surface area contributed by atoms with Crippen molar-refractivity contribution >= 4 is 29.3 Å². The Labute approximate surface area is 127 Å². The fraction of sp³-hybridized carbons (Fsp3) is 0.200. The van der Waals surface area contributed by atoms with Crippen molar-refractivity contribution in [3.05, 3.63) is 42.2 Å². The quantitative estimate of drug-likeness (QED) is 0.937. The second-order valence-electron chi connectivity index (χ2n) is 4.45. The van der Waals surface area contributed by atoms with Crippen LogP contribution >= 0.6 is 11.8 Å². The zero-order chi connectivity index (χ0) is 14.7. The van der Waals surface area contributed by atoms with Crippen LogP contribution in [0.25, 0.3) is 6.08 Å². The van der Waals surface area contributed by atoms with Gasteiger partial charge in [0.15, 0.2) is 5.82 Å². The third-order valence-corrected chi connectivity index (χ3v) is 4.10. The van der Waals surface area contributed by atoms with E-state index in [0.717, 1.165) is 27.0 Å². The van der Waals surface area contributed by atoms with Gasteiger partial charge in [0, 0.05) is 24.4 Å². The second kappa shape index (κ2) is 6.26. The average molecular weight is 301 g/mol. The first-order chi connectivity index (χ1) is 10.3. The Morgan fingerprint density at radius 1 is 1.33 bits per heavy atom. The van der Waals surface area contributed by atoms with E-state index in [1.165, 1.54) is 0 Å². The molecule has 108 valence electrons. The molecule has 0 saturated carbocycles. The van der Waals surface area contributed by atoms with Gasteiger partial charge in [-0.15, -0.1) is 0 Å². The van der Waals surface area contributed by atoms with Crippen LogP contribution in [0.4, 0.5) is 11.5 Å². The summed E-state index contributed by atoms with van der Waals surface area (Å²) in [6, 6.07) is 6.13. The second-order valence-corrected chi connectivity index (χ2v) is 5.48. The van der Waals surface area contributed by atoms with E-state index in [1.54, 1.807) is 37.3 Å². The molecule has 0 atom stereocenters. The van der Waals surface area contributed by atoms with Gasteiger partial charge in [0.05, 0.1) is 12.3 Å². The maximum atomic E-state index is 8.89. The van der Waals surface area contributed by atoms with Gasteiger partial charge in [-0.25, -0.2) is 9.97 Å².